The van der Waals surface area contributed by atoms with Crippen molar-refractivity contribution in [2.24, 2.45) is 5.73 Å². The summed E-state index contributed by atoms with van der Waals surface area (Å²) in [5.74, 6) is -0.193. The van der Waals surface area contributed by atoms with Gasteiger partial charge in [0.1, 0.15) is 5.83 Å². The molecule has 0 aliphatic heterocycles. The van der Waals surface area contributed by atoms with Crippen LogP contribution in [-0.2, 0) is 0 Å². The lowest BCUT2D eigenvalue weighted by Gasteiger charge is -2.14. The van der Waals surface area contributed by atoms with E-state index in [0.29, 0.717) is 6.54 Å². The van der Waals surface area contributed by atoms with Crippen LogP contribution < -0.4 is 5.73 Å². The van der Waals surface area contributed by atoms with Crippen LogP contribution in [0.3, 0.4) is 0 Å². The van der Waals surface area contributed by atoms with E-state index in [1.165, 1.54) is 12.2 Å². The Labute approximate surface area is 88.5 Å². The molecule has 1 aliphatic carbocycles. The van der Waals surface area contributed by atoms with Crippen LogP contribution >= 0.6 is 11.9 Å². The molecule has 0 unspecified atom stereocenters. The van der Waals surface area contributed by atoms with E-state index in [9.17, 15) is 4.39 Å². The molecule has 1 rings (SSSR count). The van der Waals surface area contributed by atoms with E-state index in [1.54, 1.807) is 11.9 Å². The first-order valence-electron chi connectivity index (χ1n) is 4.54. The lowest BCUT2D eigenvalue weighted by atomic mass is 10.4. The summed E-state index contributed by atoms with van der Waals surface area (Å²) in [6.45, 7) is 1.47. The van der Waals surface area contributed by atoms with Crippen molar-refractivity contribution in [1.29, 1.82) is 0 Å². The fraction of sp³-hybridized carbons (Fsp3) is 0.400. The van der Waals surface area contributed by atoms with Crippen LogP contribution in [0.2, 0.25) is 0 Å². The van der Waals surface area contributed by atoms with E-state index in [1.807, 2.05) is 19.2 Å². The van der Waals surface area contributed by atoms with Gasteiger partial charge in [-0.05, 0) is 43.6 Å². The van der Waals surface area contributed by atoms with Gasteiger partial charge in [-0.2, -0.15) is 0 Å². The Bertz CT molecular complexity index is 271. The van der Waals surface area contributed by atoms with Crippen LogP contribution in [-0.4, -0.2) is 24.4 Å². The highest BCUT2D eigenvalue weighted by molar-refractivity contribution is 8.00. The summed E-state index contributed by atoms with van der Waals surface area (Å²) in [7, 11) is 1.98. The molecule has 0 spiro atoms. The number of hydrogen-bond donors (Lipinski definition) is 1. The maximum Gasteiger partial charge on any atom is 0.122 e. The van der Waals surface area contributed by atoms with Crippen LogP contribution in [0.1, 0.15) is 6.42 Å². The van der Waals surface area contributed by atoms with Gasteiger partial charge < -0.3 is 5.73 Å². The second kappa shape index (κ2) is 6.01. The van der Waals surface area contributed by atoms with Crippen LogP contribution in [0.5, 0.6) is 0 Å². The zero-order valence-corrected chi connectivity index (χ0v) is 9.06. The van der Waals surface area contributed by atoms with Crippen molar-refractivity contribution in [3.63, 3.8) is 0 Å². The fourth-order valence-corrected chi connectivity index (χ4v) is 1.98. The summed E-state index contributed by atoms with van der Waals surface area (Å²) in [6.07, 6.45) is 7.40. The average molecular weight is 214 g/mol. The number of nitrogens with zero attached hydrogens (tertiary/aromatic N) is 1. The lowest BCUT2D eigenvalue weighted by Crippen LogP contribution is -2.19. The molecule has 4 heteroatoms. The minimum absolute atomic E-state index is 0.193. The molecule has 0 aromatic heterocycles. The normalized spacial score (nSPS) is 16.6. The van der Waals surface area contributed by atoms with Crippen molar-refractivity contribution in [2.45, 2.75) is 6.42 Å². The Hall–Kier alpha value is -0.580. The van der Waals surface area contributed by atoms with Crippen LogP contribution in [0.15, 0.2) is 35.0 Å². The van der Waals surface area contributed by atoms with Gasteiger partial charge in [0.05, 0.1) is 0 Å². The van der Waals surface area contributed by atoms with Gasteiger partial charge in [0.2, 0.25) is 0 Å². The van der Waals surface area contributed by atoms with Crippen LogP contribution in [0.25, 0.3) is 0 Å². The summed E-state index contributed by atoms with van der Waals surface area (Å²) in [5.41, 5.74) is 5.43. The van der Waals surface area contributed by atoms with E-state index in [-0.39, 0.29) is 5.83 Å². The van der Waals surface area contributed by atoms with Gasteiger partial charge in [-0.25, -0.2) is 8.70 Å². The largest absolute Gasteiger partial charge is 0.329 e. The predicted octanol–water partition coefficient (Wildman–Crippen LogP) is 2.22. The van der Waals surface area contributed by atoms with Gasteiger partial charge in [0.25, 0.3) is 0 Å². The van der Waals surface area contributed by atoms with Gasteiger partial charge in [0.15, 0.2) is 0 Å². The minimum Gasteiger partial charge on any atom is -0.329 e. The maximum absolute atomic E-state index is 12.8. The monoisotopic (exact) mass is 214 g/mol. The quantitative estimate of drug-likeness (QED) is 0.728. The summed E-state index contributed by atoms with van der Waals surface area (Å²) in [5, 5.41) is 0. The third-order valence-corrected chi connectivity index (χ3v) is 2.77. The van der Waals surface area contributed by atoms with E-state index in [0.717, 1.165) is 17.9 Å². The zero-order chi connectivity index (χ0) is 10.4. The van der Waals surface area contributed by atoms with Crippen LogP contribution in [0.4, 0.5) is 4.39 Å². The molecular formula is C10H15FN2S. The van der Waals surface area contributed by atoms with Crippen LogP contribution in [0, 0.1) is 0 Å². The SMILES string of the molecule is CN(CCN)SC1=CC=C(F)C=CC1. The summed E-state index contributed by atoms with van der Waals surface area (Å²) < 4.78 is 14.8. The lowest BCUT2D eigenvalue weighted by molar-refractivity contribution is 0.579. The Morgan fingerprint density at radius 1 is 1.57 bits per heavy atom. The molecule has 0 aromatic rings. The molecule has 0 amide bonds. The van der Waals surface area contributed by atoms with E-state index < -0.39 is 0 Å². The first-order valence-corrected chi connectivity index (χ1v) is 5.32. The third kappa shape index (κ3) is 4.09. The molecule has 0 atom stereocenters. The van der Waals surface area contributed by atoms with Crippen molar-refractivity contribution >= 4 is 11.9 Å². The number of likely N-dealkylation sites (N-methyl/N-ethyl adjacent to an activating group) is 1. The number of rotatable bonds is 4. The molecule has 0 fully saturated rings. The van der Waals surface area contributed by atoms with Crippen molar-refractivity contribution in [2.75, 3.05) is 20.1 Å². The minimum atomic E-state index is -0.193. The second-order valence-corrected chi connectivity index (χ2v) is 4.35. The van der Waals surface area contributed by atoms with E-state index in [4.69, 9.17) is 5.73 Å². The second-order valence-electron chi connectivity index (χ2n) is 3.02. The maximum atomic E-state index is 12.8. The average Bonchev–Trinajstić information content (AvgIpc) is 2.32. The molecule has 2 N–H and O–H groups in total. The third-order valence-electron chi connectivity index (χ3n) is 1.74. The Morgan fingerprint density at radius 3 is 3.07 bits per heavy atom. The number of nitrogens with two attached hydrogens (primary N) is 1. The highest BCUT2D eigenvalue weighted by Crippen LogP contribution is 2.25. The molecular weight excluding hydrogens is 199 g/mol. The molecule has 1 aliphatic rings. The highest BCUT2D eigenvalue weighted by Gasteiger charge is 2.03. The van der Waals surface area contributed by atoms with Crippen molar-refractivity contribution in [3.8, 4) is 0 Å². The Morgan fingerprint density at radius 2 is 2.36 bits per heavy atom. The molecule has 78 valence electrons. The van der Waals surface area contributed by atoms with Gasteiger partial charge in [0, 0.05) is 18.0 Å². The Kier molecular flexibility index (Phi) is 4.93. The van der Waals surface area contributed by atoms with Crippen molar-refractivity contribution in [1.82, 2.24) is 4.31 Å². The molecule has 0 saturated heterocycles. The van der Waals surface area contributed by atoms with Gasteiger partial charge in [-0.1, -0.05) is 6.08 Å². The van der Waals surface area contributed by atoms with E-state index >= 15 is 0 Å². The van der Waals surface area contributed by atoms with Gasteiger partial charge in [-0.3, -0.25) is 0 Å². The smallest absolute Gasteiger partial charge is 0.122 e. The zero-order valence-electron chi connectivity index (χ0n) is 8.24. The summed E-state index contributed by atoms with van der Waals surface area (Å²) in [4.78, 5) is 1.13. The fourth-order valence-electron chi connectivity index (χ4n) is 1.08. The topological polar surface area (TPSA) is 29.3 Å². The predicted molar refractivity (Wildman–Crippen MR) is 60.3 cm³/mol. The molecule has 2 nitrogen and oxygen atoms in total. The first-order chi connectivity index (χ1) is 6.72. The van der Waals surface area contributed by atoms with Gasteiger partial charge >= 0.3 is 0 Å². The molecule has 0 radical (unpaired) electrons. The number of hydrogen-bond acceptors (Lipinski definition) is 3. The van der Waals surface area contributed by atoms with Crippen molar-refractivity contribution in [3.05, 3.63) is 35.0 Å². The molecule has 0 aromatic carbocycles. The molecule has 0 heterocycles. The highest BCUT2D eigenvalue weighted by atomic mass is 32.2. The molecule has 14 heavy (non-hydrogen) atoms. The molecule has 0 saturated carbocycles. The number of halogens is 1. The Balaban J connectivity index is 2.49. The number of allylic oxidation sites excluding steroid dienone is 6. The van der Waals surface area contributed by atoms with Crippen molar-refractivity contribution < 1.29 is 4.39 Å². The van der Waals surface area contributed by atoms with E-state index in [2.05, 4.69) is 4.31 Å². The summed E-state index contributed by atoms with van der Waals surface area (Å²) >= 11 is 1.61. The molecule has 0 bridgehead atoms. The standard InChI is InChI=1S/C10H15FN2S/c1-13(8-7-12)14-10-4-2-3-9(11)5-6-10/h2-3,5-6H,4,7-8,12H2,1H3. The first kappa shape index (κ1) is 11.5. The van der Waals surface area contributed by atoms with Gasteiger partial charge in [-0.15, -0.1) is 0 Å². The summed E-state index contributed by atoms with van der Waals surface area (Å²) in [6, 6.07) is 0.